The van der Waals surface area contributed by atoms with E-state index >= 15 is 0 Å². The normalized spacial score (nSPS) is 13.3. The second-order valence-corrected chi connectivity index (χ2v) is 5.20. The fourth-order valence-electron chi connectivity index (χ4n) is 2.73. The fraction of sp³-hybridized carbons (Fsp3) is 0.214. The van der Waals surface area contributed by atoms with Crippen molar-refractivity contribution in [2.24, 2.45) is 0 Å². The Hall–Kier alpha value is -2.64. The van der Waals surface area contributed by atoms with Crippen molar-refractivity contribution in [2.45, 2.75) is 19.4 Å². The van der Waals surface area contributed by atoms with Crippen LogP contribution in [-0.2, 0) is 12.5 Å². The number of fused-ring (bicyclic) bond motifs is 5. The molecule has 5 nitrogen and oxygen atoms in total. The molecule has 0 amide bonds. The summed E-state index contributed by atoms with van der Waals surface area (Å²) in [6, 6.07) is 4.12. The van der Waals surface area contributed by atoms with E-state index in [9.17, 15) is 13.2 Å². The highest BCUT2D eigenvalue weighted by molar-refractivity contribution is 5.69. The van der Waals surface area contributed by atoms with Gasteiger partial charge in [0.1, 0.15) is 24.2 Å². The van der Waals surface area contributed by atoms with Gasteiger partial charge in [-0.25, -0.2) is 19.0 Å². The lowest BCUT2D eigenvalue weighted by Gasteiger charge is -2.12. The highest BCUT2D eigenvalue weighted by Gasteiger charge is 2.34. The van der Waals surface area contributed by atoms with Gasteiger partial charge >= 0.3 is 0 Å². The van der Waals surface area contributed by atoms with Crippen molar-refractivity contribution in [2.75, 3.05) is 0 Å². The standard InChI is InChI=1S/C14H10F3N5/c1-14(16,17)12-11-5-22-13(18-6-20-22)9-4-8(15)2-3-10(9)21(11)7-19-12/h2-4,6-7H,5H2,1H3. The summed E-state index contributed by atoms with van der Waals surface area (Å²) in [4.78, 5) is 7.96. The largest absolute Gasteiger partial charge is 0.300 e. The molecule has 1 aliphatic rings. The molecule has 1 aliphatic heterocycles. The zero-order valence-corrected chi connectivity index (χ0v) is 11.5. The highest BCUT2D eigenvalue weighted by atomic mass is 19.3. The van der Waals surface area contributed by atoms with Gasteiger partial charge in [0.15, 0.2) is 5.82 Å². The van der Waals surface area contributed by atoms with Crippen LogP contribution in [-0.4, -0.2) is 24.3 Å². The molecule has 0 bridgehead atoms. The Balaban J connectivity index is 2.07. The molecule has 0 atom stereocenters. The first-order chi connectivity index (χ1) is 10.4. The number of aromatic nitrogens is 5. The van der Waals surface area contributed by atoms with Gasteiger partial charge in [0.25, 0.3) is 5.92 Å². The molecule has 2 aromatic heterocycles. The van der Waals surface area contributed by atoms with Crippen LogP contribution in [0.15, 0.2) is 30.9 Å². The number of imidazole rings is 1. The third-order valence-electron chi connectivity index (χ3n) is 3.66. The molecular formula is C14H10F3N5. The molecule has 8 heteroatoms. The molecule has 3 aromatic rings. The predicted octanol–water partition coefficient (Wildman–Crippen LogP) is 2.74. The van der Waals surface area contributed by atoms with Gasteiger partial charge < -0.3 is 4.57 Å². The number of halogens is 3. The van der Waals surface area contributed by atoms with Crippen molar-refractivity contribution in [3.8, 4) is 17.1 Å². The number of hydrogen-bond acceptors (Lipinski definition) is 3. The minimum Gasteiger partial charge on any atom is -0.300 e. The maximum absolute atomic E-state index is 13.8. The second kappa shape index (κ2) is 4.19. The molecule has 112 valence electrons. The molecule has 22 heavy (non-hydrogen) atoms. The van der Waals surface area contributed by atoms with E-state index in [1.54, 1.807) is 0 Å². The summed E-state index contributed by atoms with van der Waals surface area (Å²) in [5, 5.41) is 4.04. The Labute approximate surface area is 123 Å². The van der Waals surface area contributed by atoms with Crippen LogP contribution in [0.25, 0.3) is 17.1 Å². The molecule has 0 spiro atoms. The first kappa shape index (κ1) is 13.1. The Morgan fingerprint density at radius 2 is 2.05 bits per heavy atom. The van der Waals surface area contributed by atoms with Gasteiger partial charge in [-0.15, -0.1) is 0 Å². The van der Waals surface area contributed by atoms with Gasteiger partial charge in [-0.2, -0.15) is 13.9 Å². The molecule has 0 fully saturated rings. The molecule has 0 N–H and O–H groups in total. The molecule has 0 radical (unpaired) electrons. The molecule has 4 rings (SSSR count). The summed E-state index contributed by atoms with van der Waals surface area (Å²) in [7, 11) is 0. The van der Waals surface area contributed by atoms with Gasteiger partial charge in [0, 0.05) is 12.5 Å². The van der Waals surface area contributed by atoms with Gasteiger partial charge in [0.05, 0.1) is 17.9 Å². The minimum atomic E-state index is -3.08. The van der Waals surface area contributed by atoms with E-state index < -0.39 is 11.7 Å². The topological polar surface area (TPSA) is 48.5 Å². The summed E-state index contributed by atoms with van der Waals surface area (Å²) < 4.78 is 44.1. The molecule has 1 aromatic carbocycles. The minimum absolute atomic E-state index is 0.0877. The van der Waals surface area contributed by atoms with Crippen LogP contribution in [0, 0.1) is 5.82 Å². The smallest absolute Gasteiger partial charge is 0.288 e. The average Bonchev–Trinajstić information content (AvgIpc) is 3.04. The number of alkyl halides is 2. The molecule has 0 aliphatic carbocycles. The quantitative estimate of drug-likeness (QED) is 0.543. The SMILES string of the molecule is CC(F)(F)c1ncn2c1Cn1ncnc1-c1cc(F)ccc1-2. The molecule has 3 heterocycles. The van der Waals surface area contributed by atoms with Crippen LogP contribution in [0.2, 0.25) is 0 Å². The van der Waals surface area contributed by atoms with Crippen LogP contribution < -0.4 is 0 Å². The van der Waals surface area contributed by atoms with Gasteiger partial charge in [-0.3, -0.25) is 0 Å². The van der Waals surface area contributed by atoms with E-state index in [4.69, 9.17) is 0 Å². The Morgan fingerprint density at radius 3 is 2.82 bits per heavy atom. The van der Waals surface area contributed by atoms with Gasteiger partial charge in [-0.05, 0) is 18.2 Å². The van der Waals surface area contributed by atoms with E-state index in [2.05, 4.69) is 15.1 Å². The van der Waals surface area contributed by atoms with E-state index in [-0.39, 0.29) is 12.2 Å². The summed E-state index contributed by atoms with van der Waals surface area (Å²) in [6.45, 7) is 0.888. The lowest BCUT2D eigenvalue weighted by Crippen LogP contribution is -2.14. The molecular weight excluding hydrogens is 295 g/mol. The van der Waals surface area contributed by atoms with Crippen LogP contribution in [0.5, 0.6) is 0 Å². The van der Waals surface area contributed by atoms with Crippen molar-refractivity contribution < 1.29 is 13.2 Å². The zero-order valence-electron chi connectivity index (χ0n) is 11.5. The first-order valence-electron chi connectivity index (χ1n) is 6.58. The summed E-state index contributed by atoms with van der Waals surface area (Å²) >= 11 is 0. The predicted molar refractivity (Wildman–Crippen MR) is 71.2 cm³/mol. The number of nitrogens with zero attached hydrogens (tertiary/aromatic N) is 5. The van der Waals surface area contributed by atoms with Crippen LogP contribution in [0.4, 0.5) is 13.2 Å². The van der Waals surface area contributed by atoms with E-state index in [0.29, 0.717) is 22.8 Å². The van der Waals surface area contributed by atoms with Gasteiger partial charge in [0.2, 0.25) is 0 Å². The van der Waals surface area contributed by atoms with Crippen LogP contribution in [0.1, 0.15) is 18.3 Å². The van der Waals surface area contributed by atoms with E-state index in [0.717, 1.165) is 6.92 Å². The third kappa shape index (κ3) is 1.76. The fourth-order valence-corrected chi connectivity index (χ4v) is 2.73. The molecule has 0 unspecified atom stereocenters. The Bertz CT molecular complexity index is 875. The van der Waals surface area contributed by atoms with Crippen LogP contribution >= 0.6 is 0 Å². The van der Waals surface area contributed by atoms with Crippen molar-refractivity contribution in [3.63, 3.8) is 0 Å². The van der Waals surface area contributed by atoms with Crippen molar-refractivity contribution >= 4 is 0 Å². The highest BCUT2D eigenvalue weighted by Crippen LogP contribution is 2.35. The second-order valence-electron chi connectivity index (χ2n) is 5.20. The van der Waals surface area contributed by atoms with Crippen molar-refractivity contribution in [3.05, 3.63) is 48.1 Å². The van der Waals surface area contributed by atoms with Crippen molar-refractivity contribution in [1.82, 2.24) is 24.3 Å². The lowest BCUT2D eigenvalue weighted by atomic mass is 10.1. The maximum Gasteiger partial charge on any atom is 0.288 e. The van der Waals surface area contributed by atoms with Gasteiger partial charge in [-0.1, -0.05) is 0 Å². The summed E-state index contributed by atoms with van der Waals surface area (Å²) in [5.41, 5.74) is 1.03. The summed E-state index contributed by atoms with van der Waals surface area (Å²) in [5.74, 6) is -3.08. The third-order valence-corrected chi connectivity index (χ3v) is 3.66. The molecule has 0 saturated carbocycles. The number of rotatable bonds is 1. The monoisotopic (exact) mass is 305 g/mol. The Kier molecular flexibility index (Phi) is 2.48. The average molecular weight is 305 g/mol. The van der Waals surface area contributed by atoms with Crippen LogP contribution in [0.3, 0.4) is 0 Å². The zero-order chi connectivity index (χ0) is 15.5. The number of hydrogen-bond donors (Lipinski definition) is 0. The lowest BCUT2D eigenvalue weighted by molar-refractivity contribution is 0.0120. The first-order valence-corrected chi connectivity index (χ1v) is 6.58. The van der Waals surface area contributed by atoms with E-state index in [1.807, 2.05) is 0 Å². The molecule has 0 saturated heterocycles. The maximum atomic E-state index is 13.8. The Morgan fingerprint density at radius 1 is 1.23 bits per heavy atom. The number of benzene rings is 1. The van der Waals surface area contributed by atoms with Crippen molar-refractivity contribution in [1.29, 1.82) is 0 Å². The summed E-state index contributed by atoms with van der Waals surface area (Å²) in [6.07, 6.45) is 2.64. The van der Waals surface area contributed by atoms with E-state index in [1.165, 1.54) is 40.1 Å².